The maximum absolute atomic E-state index is 12.5. The molecule has 21 heavy (non-hydrogen) atoms. The zero-order valence-electron chi connectivity index (χ0n) is 12.0. The first kappa shape index (κ1) is 16.3. The van der Waals surface area contributed by atoms with Crippen LogP contribution < -0.4 is 4.72 Å². The van der Waals surface area contributed by atoms with Crippen LogP contribution in [-0.2, 0) is 10.0 Å². The number of halogens is 1. The second-order valence-corrected chi connectivity index (χ2v) is 7.69. The molecule has 1 aliphatic carbocycles. The minimum atomic E-state index is -3.66. The number of rotatable bonds is 3. The molecule has 1 aromatic rings. The van der Waals surface area contributed by atoms with E-state index >= 15 is 0 Å². The van der Waals surface area contributed by atoms with Crippen molar-refractivity contribution in [2.24, 2.45) is 5.92 Å². The summed E-state index contributed by atoms with van der Waals surface area (Å²) in [5, 5.41) is 8.90. The van der Waals surface area contributed by atoms with E-state index in [-0.39, 0.29) is 16.0 Å². The number of nitrogens with one attached hydrogen (secondary N) is 1. The fraction of sp³-hybridized carbons (Fsp3) is 0.533. The van der Waals surface area contributed by atoms with Gasteiger partial charge in [0.2, 0.25) is 10.0 Å². The molecular formula is C15H19ClN2O2S. The summed E-state index contributed by atoms with van der Waals surface area (Å²) < 4.78 is 27.8. The van der Waals surface area contributed by atoms with E-state index in [1.54, 1.807) is 0 Å². The smallest absolute Gasteiger partial charge is 0.208 e. The number of sulfonamides is 1. The lowest BCUT2D eigenvalue weighted by atomic mass is 9.98. The molecule has 0 aliphatic heterocycles. The van der Waals surface area contributed by atoms with Gasteiger partial charge in [0, 0.05) is 6.04 Å². The van der Waals surface area contributed by atoms with Crippen LogP contribution >= 0.6 is 11.6 Å². The average Bonchev–Trinajstić information content (AvgIpc) is 2.63. The highest BCUT2D eigenvalue weighted by atomic mass is 35.5. The van der Waals surface area contributed by atoms with Crippen molar-refractivity contribution in [3.05, 3.63) is 28.8 Å². The molecule has 2 unspecified atom stereocenters. The van der Waals surface area contributed by atoms with Crippen molar-refractivity contribution >= 4 is 21.6 Å². The van der Waals surface area contributed by atoms with E-state index in [0.29, 0.717) is 11.5 Å². The van der Waals surface area contributed by atoms with E-state index < -0.39 is 10.0 Å². The van der Waals surface area contributed by atoms with E-state index in [0.717, 1.165) is 32.1 Å². The van der Waals surface area contributed by atoms with Crippen LogP contribution in [0.25, 0.3) is 0 Å². The molecule has 6 heteroatoms. The molecule has 1 aliphatic rings. The van der Waals surface area contributed by atoms with Gasteiger partial charge in [-0.15, -0.1) is 0 Å². The van der Waals surface area contributed by atoms with E-state index in [1.807, 2.05) is 6.07 Å². The predicted molar refractivity (Wildman–Crippen MR) is 82.5 cm³/mol. The molecule has 0 amide bonds. The Kier molecular flexibility index (Phi) is 5.26. The second kappa shape index (κ2) is 6.78. The van der Waals surface area contributed by atoms with Gasteiger partial charge in [0.15, 0.2) is 0 Å². The van der Waals surface area contributed by atoms with Crippen LogP contribution in [0.2, 0.25) is 5.02 Å². The number of nitrogens with zero attached hydrogens (tertiary/aromatic N) is 1. The van der Waals surface area contributed by atoms with Crippen molar-refractivity contribution < 1.29 is 8.42 Å². The zero-order chi connectivity index (χ0) is 15.5. The maximum atomic E-state index is 12.5. The third-order valence-corrected chi connectivity index (χ3v) is 5.99. The summed E-state index contributed by atoms with van der Waals surface area (Å²) in [6.07, 6.45) is 5.23. The quantitative estimate of drug-likeness (QED) is 0.865. The van der Waals surface area contributed by atoms with Crippen molar-refractivity contribution in [2.75, 3.05) is 0 Å². The summed E-state index contributed by atoms with van der Waals surface area (Å²) in [4.78, 5) is 0.0413. The Morgan fingerprint density at radius 1 is 1.29 bits per heavy atom. The summed E-state index contributed by atoms with van der Waals surface area (Å²) in [6.45, 7) is 2.08. The van der Waals surface area contributed by atoms with Gasteiger partial charge in [-0.3, -0.25) is 0 Å². The van der Waals surface area contributed by atoms with Gasteiger partial charge < -0.3 is 0 Å². The molecule has 0 aromatic heterocycles. The molecule has 0 heterocycles. The van der Waals surface area contributed by atoms with Crippen LogP contribution in [0.5, 0.6) is 0 Å². The lowest BCUT2D eigenvalue weighted by Gasteiger charge is -2.23. The Labute approximate surface area is 131 Å². The third-order valence-electron chi connectivity index (χ3n) is 4.02. The Balaban J connectivity index is 2.24. The highest BCUT2D eigenvalue weighted by Gasteiger charge is 2.27. The molecule has 1 fully saturated rings. The van der Waals surface area contributed by atoms with Gasteiger partial charge >= 0.3 is 0 Å². The largest absolute Gasteiger partial charge is 0.242 e. The van der Waals surface area contributed by atoms with E-state index in [9.17, 15) is 8.42 Å². The number of hydrogen-bond donors (Lipinski definition) is 1. The number of nitriles is 1. The van der Waals surface area contributed by atoms with Gasteiger partial charge in [0.05, 0.1) is 16.7 Å². The summed E-state index contributed by atoms with van der Waals surface area (Å²) in [5.41, 5.74) is 0.349. The topological polar surface area (TPSA) is 70.0 Å². The van der Waals surface area contributed by atoms with Crippen LogP contribution in [0.1, 0.15) is 44.6 Å². The minimum absolute atomic E-state index is 0.0413. The first-order valence-corrected chi connectivity index (χ1v) is 9.02. The minimum Gasteiger partial charge on any atom is -0.208 e. The van der Waals surface area contributed by atoms with Crippen LogP contribution in [0.4, 0.5) is 0 Å². The Morgan fingerprint density at radius 2 is 2.00 bits per heavy atom. The lowest BCUT2D eigenvalue weighted by molar-refractivity contribution is 0.399. The highest BCUT2D eigenvalue weighted by Crippen LogP contribution is 2.27. The van der Waals surface area contributed by atoms with Crippen molar-refractivity contribution in [3.63, 3.8) is 0 Å². The molecule has 0 spiro atoms. The van der Waals surface area contributed by atoms with Gasteiger partial charge in [-0.05, 0) is 37.0 Å². The molecule has 2 rings (SSSR count). The van der Waals surface area contributed by atoms with Gasteiger partial charge in [0.1, 0.15) is 4.90 Å². The molecular weight excluding hydrogens is 308 g/mol. The highest BCUT2D eigenvalue weighted by molar-refractivity contribution is 7.89. The molecule has 0 radical (unpaired) electrons. The number of benzene rings is 1. The summed E-state index contributed by atoms with van der Waals surface area (Å²) >= 11 is 6.01. The molecule has 0 bridgehead atoms. The van der Waals surface area contributed by atoms with Gasteiger partial charge in [0.25, 0.3) is 0 Å². The van der Waals surface area contributed by atoms with Gasteiger partial charge in [-0.1, -0.05) is 37.8 Å². The van der Waals surface area contributed by atoms with Gasteiger partial charge in [-0.2, -0.15) is 5.26 Å². The van der Waals surface area contributed by atoms with Crippen molar-refractivity contribution in [1.29, 1.82) is 5.26 Å². The summed E-state index contributed by atoms with van der Waals surface area (Å²) in [7, 11) is -3.66. The van der Waals surface area contributed by atoms with Crippen molar-refractivity contribution in [2.45, 2.75) is 50.0 Å². The standard InChI is InChI=1S/C15H19ClN2O2S/c1-11-5-3-2-4-6-14(11)18-21(19,20)15-8-7-12(10-17)9-13(15)16/h7-9,11,14,18H,2-6H2,1H3. The molecule has 1 aromatic carbocycles. The van der Waals surface area contributed by atoms with Crippen LogP contribution in [0.3, 0.4) is 0 Å². The average molecular weight is 327 g/mol. The van der Waals surface area contributed by atoms with E-state index in [2.05, 4.69) is 11.6 Å². The monoisotopic (exact) mass is 326 g/mol. The van der Waals surface area contributed by atoms with Gasteiger partial charge in [-0.25, -0.2) is 13.1 Å². The van der Waals surface area contributed by atoms with Crippen LogP contribution in [0, 0.1) is 17.2 Å². The Bertz CT molecular complexity index is 652. The molecule has 114 valence electrons. The third kappa shape index (κ3) is 3.97. The Morgan fingerprint density at radius 3 is 2.67 bits per heavy atom. The first-order chi connectivity index (χ1) is 9.94. The molecule has 2 atom stereocenters. The van der Waals surface area contributed by atoms with E-state index in [1.165, 1.54) is 18.2 Å². The normalized spacial score (nSPS) is 23.3. The van der Waals surface area contributed by atoms with Crippen LogP contribution in [-0.4, -0.2) is 14.5 Å². The first-order valence-electron chi connectivity index (χ1n) is 7.16. The molecule has 4 nitrogen and oxygen atoms in total. The lowest BCUT2D eigenvalue weighted by Crippen LogP contribution is -2.38. The molecule has 1 N–H and O–H groups in total. The maximum Gasteiger partial charge on any atom is 0.242 e. The zero-order valence-corrected chi connectivity index (χ0v) is 13.5. The Hall–Kier alpha value is -1.09. The second-order valence-electron chi connectivity index (χ2n) is 5.60. The number of hydrogen-bond acceptors (Lipinski definition) is 3. The van der Waals surface area contributed by atoms with Crippen molar-refractivity contribution in [1.82, 2.24) is 4.72 Å². The van der Waals surface area contributed by atoms with Crippen molar-refractivity contribution in [3.8, 4) is 6.07 Å². The molecule has 0 saturated heterocycles. The van der Waals surface area contributed by atoms with E-state index in [4.69, 9.17) is 16.9 Å². The molecule has 1 saturated carbocycles. The summed E-state index contributed by atoms with van der Waals surface area (Å²) in [6, 6.07) is 6.14. The predicted octanol–water partition coefficient (Wildman–Crippen LogP) is 3.46. The fourth-order valence-electron chi connectivity index (χ4n) is 2.72. The van der Waals surface area contributed by atoms with Crippen LogP contribution in [0.15, 0.2) is 23.1 Å². The SMILES string of the molecule is CC1CCCCCC1NS(=O)(=O)c1ccc(C#N)cc1Cl. The fourth-order valence-corrected chi connectivity index (χ4v) is 4.64. The summed E-state index contributed by atoms with van der Waals surface area (Å²) in [5.74, 6) is 0.319.